The molecule has 0 radical (unpaired) electrons. The first-order valence-electron chi connectivity index (χ1n) is 18.5. The van der Waals surface area contributed by atoms with Crippen LogP contribution in [-0.2, 0) is 5.41 Å². The van der Waals surface area contributed by atoms with Crippen molar-refractivity contribution in [3.63, 3.8) is 0 Å². The highest BCUT2D eigenvalue weighted by atomic mass is 15.4. The Balaban J connectivity index is 1.25. The van der Waals surface area contributed by atoms with E-state index in [4.69, 9.17) is 4.98 Å². The van der Waals surface area contributed by atoms with E-state index in [2.05, 4.69) is 199 Å². The van der Waals surface area contributed by atoms with Crippen molar-refractivity contribution in [1.82, 2.24) is 4.98 Å². The molecule has 0 aliphatic carbocycles. The van der Waals surface area contributed by atoms with Crippen LogP contribution in [0.25, 0.3) is 11.3 Å². The molecule has 10 rings (SSSR count). The molecule has 3 aliphatic heterocycles. The van der Waals surface area contributed by atoms with Crippen molar-refractivity contribution in [3.05, 3.63) is 163 Å². The fourth-order valence-electron chi connectivity index (χ4n) is 8.62. The van der Waals surface area contributed by atoms with Crippen LogP contribution in [0.2, 0.25) is 0 Å². The van der Waals surface area contributed by atoms with Gasteiger partial charge in [-0.05, 0) is 118 Å². The van der Waals surface area contributed by atoms with Crippen LogP contribution in [0.4, 0.5) is 51.2 Å². The second kappa shape index (κ2) is 11.9. The van der Waals surface area contributed by atoms with Gasteiger partial charge in [0.25, 0.3) is 6.71 Å². The first-order chi connectivity index (χ1) is 25.8. The molecule has 6 aromatic carbocycles. The van der Waals surface area contributed by atoms with Crippen LogP contribution in [0.1, 0.15) is 26.3 Å². The van der Waals surface area contributed by atoms with Gasteiger partial charge >= 0.3 is 0 Å². The molecular weight excluding hydrogens is 645 g/mol. The number of para-hydroxylation sites is 4. The molecule has 1 aromatic heterocycles. The molecule has 0 atom stereocenters. The highest BCUT2D eigenvalue weighted by Crippen LogP contribution is 2.46. The molecule has 0 N–H and O–H groups in total. The Labute approximate surface area is 312 Å². The molecule has 4 heterocycles. The maximum absolute atomic E-state index is 4.93. The summed E-state index contributed by atoms with van der Waals surface area (Å²) in [5, 5.41) is 0. The summed E-state index contributed by atoms with van der Waals surface area (Å²) in [6, 6.07) is 55.7. The maximum atomic E-state index is 4.93. The highest BCUT2D eigenvalue weighted by Gasteiger charge is 2.43. The fourth-order valence-corrected chi connectivity index (χ4v) is 8.62. The Morgan fingerprint density at radius 1 is 0.528 bits per heavy atom. The number of nitrogens with zero attached hydrogens (tertiary/aromatic N) is 5. The van der Waals surface area contributed by atoms with Crippen molar-refractivity contribution < 1.29 is 0 Å². The summed E-state index contributed by atoms with van der Waals surface area (Å²) in [5.41, 5.74) is 18.1. The van der Waals surface area contributed by atoms with E-state index in [1.54, 1.807) is 0 Å². The second-order valence-electron chi connectivity index (χ2n) is 15.4. The summed E-state index contributed by atoms with van der Waals surface area (Å²) in [7, 11) is 2.18. The molecule has 0 spiro atoms. The summed E-state index contributed by atoms with van der Waals surface area (Å²) in [6.45, 7) is 7.58. The monoisotopic (exact) mass is 685 g/mol. The van der Waals surface area contributed by atoms with E-state index >= 15 is 0 Å². The van der Waals surface area contributed by atoms with E-state index in [0.717, 1.165) is 29.3 Å². The number of rotatable bonds is 4. The third-order valence-electron chi connectivity index (χ3n) is 11.2. The van der Waals surface area contributed by atoms with E-state index in [-0.39, 0.29) is 12.1 Å². The normalized spacial score (nSPS) is 14.2. The van der Waals surface area contributed by atoms with Crippen molar-refractivity contribution in [1.29, 1.82) is 0 Å². The van der Waals surface area contributed by atoms with Crippen LogP contribution in [0.15, 0.2) is 158 Å². The van der Waals surface area contributed by atoms with Gasteiger partial charge in [0.1, 0.15) is 0 Å². The van der Waals surface area contributed by atoms with E-state index in [1.807, 2.05) is 6.20 Å². The number of hydrogen-bond acceptors (Lipinski definition) is 5. The number of pyridine rings is 1. The number of hydrogen-bond donors (Lipinski definition) is 0. The van der Waals surface area contributed by atoms with Gasteiger partial charge in [-0.25, -0.2) is 0 Å². The van der Waals surface area contributed by atoms with Crippen molar-refractivity contribution in [2.45, 2.75) is 26.2 Å². The largest absolute Gasteiger partial charge is 0.355 e. The first-order valence-corrected chi connectivity index (χ1v) is 18.5. The average molecular weight is 686 g/mol. The van der Waals surface area contributed by atoms with Gasteiger partial charge < -0.3 is 19.6 Å². The number of aromatic nitrogens is 1. The summed E-state index contributed by atoms with van der Waals surface area (Å²) in [4.78, 5) is 14.6. The van der Waals surface area contributed by atoms with Crippen molar-refractivity contribution in [2.75, 3.05) is 33.3 Å². The minimum absolute atomic E-state index is 0.00704. The molecule has 0 unspecified atom stereocenters. The van der Waals surface area contributed by atoms with E-state index in [1.165, 1.54) is 61.8 Å². The fraction of sp³-hybridized carbons (Fsp3) is 0.128. The van der Waals surface area contributed by atoms with E-state index in [0.29, 0.717) is 0 Å². The summed E-state index contributed by atoms with van der Waals surface area (Å²) >= 11 is 0. The Hall–Kier alpha value is -6.27. The van der Waals surface area contributed by atoms with Crippen LogP contribution in [0, 0.1) is 0 Å². The average Bonchev–Trinajstić information content (AvgIpc) is 3.53. The zero-order valence-electron chi connectivity index (χ0n) is 30.5. The Morgan fingerprint density at radius 2 is 1.11 bits per heavy atom. The van der Waals surface area contributed by atoms with Gasteiger partial charge in [-0.15, -0.1) is 0 Å². The zero-order chi connectivity index (χ0) is 35.8. The zero-order valence-corrected chi connectivity index (χ0v) is 30.5. The molecule has 0 amide bonds. The van der Waals surface area contributed by atoms with Crippen molar-refractivity contribution >= 4 is 74.3 Å². The predicted octanol–water partition coefficient (Wildman–Crippen LogP) is 9.67. The molecule has 3 aliphatic rings. The molecule has 53 heavy (non-hydrogen) atoms. The van der Waals surface area contributed by atoms with Crippen molar-refractivity contribution in [2.24, 2.45) is 0 Å². The summed E-state index contributed by atoms with van der Waals surface area (Å²) in [6.07, 6.45) is 1.96. The Kier molecular flexibility index (Phi) is 7.06. The van der Waals surface area contributed by atoms with Gasteiger partial charge in [-0.2, -0.15) is 0 Å². The molecule has 0 fully saturated rings. The van der Waals surface area contributed by atoms with Gasteiger partial charge in [-0.1, -0.05) is 87.5 Å². The standard InChI is InChI=1S/C47H40BN5/c1-47(2,3)33-26-27-49-39(29-33)32-22-24-40-37(28-32)48-38-30-36(51-31-50(4)42-18-11-12-19-43(42)51)23-25-41(38)53(35-16-9-6-10-17-35)45-21-13-20-44(46(45)48)52(40)34-14-7-5-8-15-34/h5-30H,31H2,1-4H3. The predicted molar refractivity (Wildman–Crippen MR) is 224 cm³/mol. The maximum Gasteiger partial charge on any atom is 0.252 e. The second-order valence-corrected chi connectivity index (χ2v) is 15.4. The molecule has 7 aromatic rings. The number of fused-ring (bicyclic) bond motifs is 5. The minimum atomic E-state index is -0.00704. The molecular formula is C47H40BN5. The first kappa shape index (κ1) is 31.5. The highest BCUT2D eigenvalue weighted by molar-refractivity contribution is 7.00. The molecule has 256 valence electrons. The lowest BCUT2D eigenvalue weighted by molar-refractivity contribution is 0.589. The van der Waals surface area contributed by atoms with E-state index < -0.39 is 0 Å². The van der Waals surface area contributed by atoms with Gasteiger partial charge in [0.05, 0.1) is 23.7 Å². The Morgan fingerprint density at radius 3 is 1.77 bits per heavy atom. The van der Waals surface area contributed by atoms with Crippen LogP contribution in [-0.4, -0.2) is 25.4 Å². The molecule has 0 saturated heterocycles. The van der Waals surface area contributed by atoms with Crippen LogP contribution in [0.3, 0.4) is 0 Å². The lowest BCUT2D eigenvalue weighted by Crippen LogP contribution is -2.61. The third-order valence-corrected chi connectivity index (χ3v) is 11.2. The van der Waals surface area contributed by atoms with Crippen LogP contribution < -0.4 is 36.0 Å². The van der Waals surface area contributed by atoms with Gasteiger partial charge in [0.2, 0.25) is 0 Å². The quantitative estimate of drug-likeness (QED) is 0.172. The molecule has 0 bridgehead atoms. The Bertz CT molecular complexity index is 2510. The smallest absolute Gasteiger partial charge is 0.252 e. The van der Waals surface area contributed by atoms with Gasteiger partial charge in [0.15, 0.2) is 0 Å². The molecule has 6 heteroatoms. The van der Waals surface area contributed by atoms with Crippen molar-refractivity contribution in [3.8, 4) is 11.3 Å². The summed E-state index contributed by atoms with van der Waals surface area (Å²) < 4.78 is 0. The summed E-state index contributed by atoms with van der Waals surface area (Å²) in [5.74, 6) is 0. The van der Waals surface area contributed by atoms with Gasteiger partial charge in [-0.3, -0.25) is 4.98 Å². The van der Waals surface area contributed by atoms with Gasteiger partial charge in [0, 0.05) is 53.1 Å². The molecule has 5 nitrogen and oxygen atoms in total. The van der Waals surface area contributed by atoms with E-state index in [9.17, 15) is 0 Å². The lowest BCUT2D eigenvalue weighted by Gasteiger charge is -2.44. The minimum Gasteiger partial charge on any atom is -0.355 e. The SMILES string of the molecule is CN1CN(c2ccc3c(c2)B2c4cc(-c5cc(C(C)(C)C)ccn5)ccc4N(c4ccccc4)c4cccc(c42)N3c2ccccc2)c2ccccc21. The third kappa shape index (κ3) is 4.97. The number of anilines is 9. The lowest BCUT2D eigenvalue weighted by atomic mass is 9.33. The number of benzene rings is 6. The molecule has 0 saturated carbocycles. The topological polar surface area (TPSA) is 25.9 Å². The van der Waals surface area contributed by atoms with Crippen LogP contribution >= 0.6 is 0 Å². The van der Waals surface area contributed by atoms with Crippen LogP contribution in [0.5, 0.6) is 0 Å².